The van der Waals surface area contributed by atoms with Gasteiger partial charge in [0.25, 0.3) is 0 Å². The molecule has 0 aromatic heterocycles. The van der Waals surface area contributed by atoms with E-state index in [-0.39, 0.29) is 17.0 Å². The van der Waals surface area contributed by atoms with E-state index in [0.29, 0.717) is 13.3 Å². The monoisotopic (exact) mass is 241 g/mol. The van der Waals surface area contributed by atoms with Gasteiger partial charge in [-0.05, 0) is 17.7 Å². The zero-order chi connectivity index (χ0) is 12.9. The molecule has 0 saturated carbocycles. The van der Waals surface area contributed by atoms with Crippen LogP contribution in [0.5, 0.6) is 5.75 Å². The second-order valence-electron chi connectivity index (χ2n) is 4.59. The normalized spacial score (nSPS) is 11.6. The van der Waals surface area contributed by atoms with E-state index in [1.807, 2.05) is 6.07 Å². The van der Waals surface area contributed by atoms with E-state index in [4.69, 9.17) is 9.47 Å². The minimum atomic E-state index is -0.329. The van der Waals surface area contributed by atoms with Crippen molar-refractivity contribution in [1.82, 2.24) is 5.32 Å². The van der Waals surface area contributed by atoms with Crippen LogP contribution in [0.1, 0.15) is 19.4 Å². The second kappa shape index (κ2) is 5.98. The van der Waals surface area contributed by atoms with Crippen molar-refractivity contribution in [2.45, 2.75) is 19.3 Å². The minimum absolute atomic E-state index is 0.161. The molecule has 1 N–H and O–H groups in total. The highest BCUT2D eigenvalue weighted by Crippen LogP contribution is 2.26. The predicted octanol–water partition coefficient (Wildman–Crippen LogP) is 2.31. The number of hydrogen-bond donors (Lipinski definition) is 1. The summed E-state index contributed by atoms with van der Waals surface area (Å²) in [4.78, 5) is 0. The van der Waals surface area contributed by atoms with E-state index in [2.05, 4.69) is 19.2 Å². The number of nitrogens with one attached hydrogen (secondary N) is 1. The SMILES string of the molecule is COCNCC(C)(C)c1ccc(OC)c(F)c1. The Balaban J connectivity index is 2.80. The first kappa shape index (κ1) is 13.9. The van der Waals surface area contributed by atoms with Crippen molar-refractivity contribution in [2.24, 2.45) is 0 Å². The Bertz CT molecular complexity index is 366. The lowest BCUT2D eigenvalue weighted by Crippen LogP contribution is -2.34. The van der Waals surface area contributed by atoms with Crippen molar-refractivity contribution in [3.63, 3.8) is 0 Å². The molecule has 17 heavy (non-hydrogen) atoms. The largest absolute Gasteiger partial charge is 0.494 e. The maximum absolute atomic E-state index is 13.6. The van der Waals surface area contributed by atoms with Gasteiger partial charge >= 0.3 is 0 Å². The predicted molar refractivity (Wildman–Crippen MR) is 65.9 cm³/mol. The van der Waals surface area contributed by atoms with E-state index in [0.717, 1.165) is 5.56 Å². The van der Waals surface area contributed by atoms with Gasteiger partial charge in [0.05, 0.1) is 13.8 Å². The van der Waals surface area contributed by atoms with Crippen LogP contribution in [0, 0.1) is 5.82 Å². The fourth-order valence-corrected chi connectivity index (χ4v) is 1.66. The highest BCUT2D eigenvalue weighted by molar-refractivity contribution is 5.33. The standard InChI is InChI=1S/C13H20FNO2/c1-13(2,8-15-9-16-3)10-5-6-12(17-4)11(14)7-10/h5-7,15H,8-9H2,1-4H3. The van der Waals surface area contributed by atoms with Crippen molar-refractivity contribution in [3.05, 3.63) is 29.6 Å². The van der Waals surface area contributed by atoms with Crippen LogP contribution in [0.25, 0.3) is 0 Å². The first-order valence-electron chi connectivity index (χ1n) is 5.55. The summed E-state index contributed by atoms with van der Waals surface area (Å²) in [6, 6.07) is 5.06. The van der Waals surface area contributed by atoms with Crippen LogP contribution in [0.4, 0.5) is 4.39 Å². The summed E-state index contributed by atoms with van der Waals surface area (Å²) < 4.78 is 23.4. The van der Waals surface area contributed by atoms with Crippen LogP contribution in [-0.2, 0) is 10.2 Å². The molecule has 0 bridgehead atoms. The van der Waals surface area contributed by atoms with Gasteiger partial charge in [-0.25, -0.2) is 4.39 Å². The third-order valence-electron chi connectivity index (χ3n) is 2.75. The Morgan fingerprint density at radius 3 is 2.53 bits per heavy atom. The lowest BCUT2D eigenvalue weighted by Gasteiger charge is -2.26. The molecular weight excluding hydrogens is 221 g/mol. The van der Waals surface area contributed by atoms with Crippen LogP contribution in [0.3, 0.4) is 0 Å². The quantitative estimate of drug-likeness (QED) is 0.612. The Morgan fingerprint density at radius 2 is 2.00 bits per heavy atom. The average molecular weight is 241 g/mol. The van der Waals surface area contributed by atoms with Crippen LogP contribution in [0.15, 0.2) is 18.2 Å². The molecule has 0 saturated heterocycles. The molecule has 96 valence electrons. The lowest BCUT2D eigenvalue weighted by atomic mass is 9.84. The molecule has 3 nitrogen and oxygen atoms in total. The fourth-order valence-electron chi connectivity index (χ4n) is 1.66. The van der Waals surface area contributed by atoms with Crippen molar-refractivity contribution in [1.29, 1.82) is 0 Å². The molecule has 0 aliphatic carbocycles. The van der Waals surface area contributed by atoms with E-state index >= 15 is 0 Å². The van der Waals surface area contributed by atoms with Crippen molar-refractivity contribution in [3.8, 4) is 5.75 Å². The number of methoxy groups -OCH3 is 2. The zero-order valence-electron chi connectivity index (χ0n) is 10.8. The summed E-state index contributed by atoms with van der Waals surface area (Å²) in [6.07, 6.45) is 0. The van der Waals surface area contributed by atoms with Gasteiger partial charge in [0.2, 0.25) is 0 Å². The van der Waals surface area contributed by atoms with Crippen LogP contribution < -0.4 is 10.1 Å². The molecule has 1 aromatic carbocycles. The molecule has 0 fully saturated rings. The molecule has 0 heterocycles. The smallest absolute Gasteiger partial charge is 0.165 e. The van der Waals surface area contributed by atoms with Gasteiger partial charge in [-0.3, -0.25) is 5.32 Å². The number of benzene rings is 1. The summed E-state index contributed by atoms with van der Waals surface area (Å²) in [6.45, 7) is 5.31. The van der Waals surface area contributed by atoms with E-state index in [9.17, 15) is 4.39 Å². The van der Waals surface area contributed by atoms with Gasteiger partial charge in [-0.1, -0.05) is 19.9 Å². The van der Waals surface area contributed by atoms with E-state index < -0.39 is 0 Å². The van der Waals surface area contributed by atoms with Gasteiger partial charge in [0.1, 0.15) is 0 Å². The summed E-state index contributed by atoms with van der Waals surface area (Å²) in [5.74, 6) is -0.0563. The molecule has 0 aliphatic rings. The minimum Gasteiger partial charge on any atom is -0.494 e. The Hall–Kier alpha value is -1.13. The molecule has 0 radical (unpaired) electrons. The highest BCUT2D eigenvalue weighted by Gasteiger charge is 2.21. The summed E-state index contributed by atoms with van der Waals surface area (Å²) >= 11 is 0. The lowest BCUT2D eigenvalue weighted by molar-refractivity contribution is 0.169. The third-order valence-corrected chi connectivity index (χ3v) is 2.75. The highest BCUT2D eigenvalue weighted by atomic mass is 19.1. The van der Waals surface area contributed by atoms with E-state index in [1.165, 1.54) is 13.2 Å². The molecule has 0 amide bonds. The van der Waals surface area contributed by atoms with Gasteiger partial charge in [-0.15, -0.1) is 0 Å². The van der Waals surface area contributed by atoms with Gasteiger partial charge < -0.3 is 9.47 Å². The number of hydrogen-bond acceptors (Lipinski definition) is 3. The molecule has 0 unspecified atom stereocenters. The fraction of sp³-hybridized carbons (Fsp3) is 0.538. The van der Waals surface area contributed by atoms with Crippen LogP contribution in [0.2, 0.25) is 0 Å². The van der Waals surface area contributed by atoms with Gasteiger partial charge in [-0.2, -0.15) is 0 Å². The Labute approximate surface area is 102 Å². The Kier molecular flexibility index (Phi) is 4.90. The summed E-state index contributed by atoms with van der Waals surface area (Å²) in [5.41, 5.74) is 0.769. The number of halogens is 1. The number of rotatable bonds is 6. The zero-order valence-corrected chi connectivity index (χ0v) is 10.8. The maximum atomic E-state index is 13.6. The van der Waals surface area contributed by atoms with Crippen molar-refractivity contribution >= 4 is 0 Å². The van der Waals surface area contributed by atoms with Crippen LogP contribution >= 0.6 is 0 Å². The summed E-state index contributed by atoms with van der Waals surface area (Å²) in [7, 11) is 3.09. The second-order valence-corrected chi connectivity index (χ2v) is 4.59. The topological polar surface area (TPSA) is 30.5 Å². The van der Waals surface area contributed by atoms with Crippen LogP contribution in [-0.4, -0.2) is 27.5 Å². The molecular formula is C13H20FNO2. The third kappa shape index (κ3) is 3.68. The molecule has 0 aliphatic heterocycles. The molecule has 1 aromatic rings. The van der Waals surface area contributed by atoms with Crippen molar-refractivity contribution < 1.29 is 13.9 Å². The first-order valence-corrected chi connectivity index (χ1v) is 5.55. The van der Waals surface area contributed by atoms with E-state index in [1.54, 1.807) is 13.2 Å². The molecule has 0 atom stereocenters. The molecule has 0 spiro atoms. The molecule has 1 rings (SSSR count). The van der Waals surface area contributed by atoms with Crippen molar-refractivity contribution in [2.75, 3.05) is 27.5 Å². The van der Waals surface area contributed by atoms with Gasteiger partial charge in [0.15, 0.2) is 11.6 Å². The molecule has 4 heteroatoms. The van der Waals surface area contributed by atoms with Gasteiger partial charge in [0, 0.05) is 19.1 Å². The number of ether oxygens (including phenoxy) is 2. The maximum Gasteiger partial charge on any atom is 0.165 e. The average Bonchev–Trinajstić information content (AvgIpc) is 2.29. The summed E-state index contributed by atoms with van der Waals surface area (Å²) in [5, 5.41) is 3.15. The first-order chi connectivity index (χ1) is 8.01. The Morgan fingerprint density at radius 1 is 1.29 bits per heavy atom.